The van der Waals surface area contributed by atoms with Crippen molar-refractivity contribution in [2.24, 2.45) is 0 Å². The summed E-state index contributed by atoms with van der Waals surface area (Å²) < 4.78 is 7.81. The fourth-order valence-corrected chi connectivity index (χ4v) is 6.13. The van der Waals surface area contributed by atoms with E-state index < -0.39 is 0 Å². The van der Waals surface area contributed by atoms with Crippen molar-refractivity contribution in [3.63, 3.8) is 0 Å². The predicted molar refractivity (Wildman–Crippen MR) is 135 cm³/mol. The number of hydrogen-bond acceptors (Lipinski definition) is 7. The molecule has 0 saturated carbocycles. The molecule has 0 atom stereocenters. The Morgan fingerprint density at radius 2 is 1.97 bits per heavy atom. The second-order valence-corrected chi connectivity index (χ2v) is 10.4. The van der Waals surface area contributed by atoms with Crippen LogP contribution in [0.4, 0.5) is 5.00 Å². The highest BCUT2D eigenvalue weighted by Gasteiger charge is 2.21. The SMILES string of the molecule is CCn1c(COc2ccc(C)cc2)nnc1SCC(=O)Nc1sc2c(c1C#N)CCCCCC2. The van der Waals surface area contributed by atoms with E-state index in [2.05, 4.69) is 21.6 Å². The van der Waals surface area contributed by atoms with Crippen molar-refractivity contribution < 1.29 is 9.53 Å². The first-order valence-corrected chi connectivity index (χ1v) is 13.5. The fraction of sp³-hybridized carbons (Fsp3) is 0.440. The van der Waals surface area contributed by atoms with Crippen LogP contribution in [0.5, 0.6) is 5.75 Å². The number of carbonyl (C=O) groups excluding carboxylic acids is 1. The summed E-state index contributed by atoms with van der Waals surface area (Å²) in [5, 5.41) is 22.6. The summed E-state index contributed by atoms with van der Waals surface area (Å²) in [5.74, 6) is 1.56. The third-order valence-electron chi connectivity index (χ3n) is 5.87. The first kappa shape index (κ1) is 24.3. The van der Waals surface area contributed by atoms with Crippen LogP contribution in [0.1, 0.15) is 60.0 Å². The number of anilines is 1. The third-order valence-corrected chi connectivity index (χ3v) is 8.04. The van der Waals surface area contributed by atoms with E-state index in [0.717, 1.165) is 42.8 Å². The summed E-state index contributed by atoms with van der Waals surface area (Å²) in [6, 6.07) is 10.2. The molecule has 0 spiro atoms. The van der Waals surface area contributed by atoms with Gasteiger partial charge in [-0.05, 0) is 57.2 Å². The smallest absolute Gasteiger partial charge is 0.235 e. The van der Waals surface area contributed by atoms with Crippen LogP contribution in [0.2, 0.25) is 0 Å². The van der Waals surface area contributed by atoms with Crippen LogP contribution in [0.3, 0.4) is 0 Å². The number of nitrogens with one attached hydrogen (secondary N) is 1. The van der Waals surface area contributed by atoms with E-state index in [-0.39, 0.29) is 11.7 Å². The highest BCUT2D eigenvalue weighted by molar-refractivity contribution is 7.99. The molecule has 0 saturated heterocycles. The zero-order valence-electron chi connectivity index (χ0n) is 19.6. The summed E-state index contributed by atoms with van der Waals surface area (Å²) in [6.07, 6.45) is 6.59. The number of thiophene rings is 1. The van der Waals surface area contributed by atoms with Gasteiger partial charge in [0.05, 0.1) is 11.3 Å². The van der Waals surface area contributed by atoms with Crippen molar-refractivity contribution in [3.05, 3.63) is 51.7 Å². The van der Waals surface area contributed by atoms with E-state index in [1.807, 2.05) is 42.7 Å². The number of hydrogen-bond donors (Lipinski definition) is 1. The molecule has 7 nitrogen and oxygen atoms in total. The lowest BCUT2D eigenvalue weighted by molar-refractivity contribution is -0.113. The number of aryl methyl sites for hydroxylation is 2. The number of aromatic nitrogens is 3. The molecule has 0 bridgehead atoms. The van der Waals surface area contributed by atoms with Crippen LogP contribution < -0.4 is 10.1 Å². The Labute approximate surface area is 208 Å². The van der Waals surface area contributed by atoms with Crippen LogP contribution in [-0.2, 0) is 30.8 Å². The monoisotopic (exact) mass is 495 g/mol. The van der Waals surface area contributed by atoms with E-state index in [1.165, 1.54) is 35.0 Å². The van der Waals surface area contributed by atoms with Gasteiger partial charge < -0.3 is 14.6 Å². The van der Waals surface area contributed by atoms with Gasteiger partial charge in [-0.25, -0.2) is 0 Å². The Morgan fingerprint density at radius 3 is 2.71 bits per heavy atom. The normalized spacial score (nSPS) is 13.4. The highest BCUT2D eigenvalue weighted by atomic mass is 32.2. The van der Waals surface area contributed by atoms with Crippen LogP contribution in [-0.4, -0.2) is 26.4 Å². The van der Waals surface area contributed by atoms with Gasteiger partial charge in [0.15, 0.2) is 11.0 Å². The molecule has 1 aliphatic carbocycles. The molecule has 3 aromatic rings. The first-order valence-electron chi connectivity index (χ1n) is 11.7. The van der Waals surface area contributed by atoms with E-state index in [0.29, 0.717) is 28.9 Å². The largest absolute Gasteiger partial charge is 0.486 e. The second-order valence-electron chi connectivity index (χ2n) is 8.32. The van der Waals surface area contributed by atoms with E-state index >= 15 is 0 Å². The summed E-state index contributed by atoms with van der Waals surface area (Å²) in [5.41, 5.74) is 2.96. The van der Waals surface area contributed by atoms with Crippen LogP contribution >= 0.6 is 23.1 Å². The number of amides is 1. The first-order chi connectivity index (χ1) is 16.6. The molecule has 2 aromatic heterocycles. The molecule has 0 fully saturated rings. The van der Waals surface area contributed by atoms with Crippen LogP contribution in [0.25, 0.3) is 0 Å². The van der Waals surface area contributed by atoms with Gasteiger partial charge in [-0.15, -0.1) is 21.5 Å². The van der Waals surface area contributed by atoms with Crippen molar-refractivity contribution in [1.29, 1.82) is 5.26 Å². The fourth-order valence-electron chi connectivity index (χ4n) is 4.05. The Balaban J connectivity index is 1.37. The van der Waals surface area contributed by atoms with Gasteiger partial charge in [-0.1, -0.05) is 42.3 Å². The Bertz CT molecular complexity index is 1180. The number of thioether (sulfide) groups is 1. The summed E-state index contributed by atoms with van der Waals surface area (Å²) >= 11 is 2.90. The van der Waals surface area contributed by atoms with E-state index in [4.69, 9.17) is 4.74 Å². The number of benzene rings is 1. The predicted octanol–water partition coefficient (Wildman–Crippen LogP) is 5.51. The molecule has 0 aliphatic heterocycles. The molecule has 178 valence electrons. The average Bonchev–Trinajstić information content (AvgIpc) is 3.36. The minimum absolute atomic E-state index is 0.140. The minimum atomic E-state index is -0.140. The molecule has 9 heteroatoms. The molecular weight excluding hydrogens is 466 g/mol. The van der Waals surface area contributed by atoms with Gasteiger partial charge in [0.1, 0.15) is 23.4 Å². The molecule has 0 radical (unpaired) electrons. The Kier molecular flexibility index (Phi) is 8.25. The molecule has 4 rings (SSSR count). The molecule has 1 aromatic carbocycles. The maximum Gasteiger partial charge on any atom is 0.235 e. The van der Waals surface area contributed by atoms with Crippen LogP contribution in [0, 0.1) is 18.3 Å². The van der Waals surface area contributed by atoms with Gasteiger partial charge in [-0.3, -0.25) is 4.79 Å². The quantitative estimate of drug-likeness (QED) is 0.414. The minimum Gasteiger partial charge on any atom is -0.486 e. The number of rotatable bonds is 8. The Hall–Kier alpha value is -2.83. The van der Waals surface area contributed by atoms with E-state index in [1.54, 1.807) is 11.3 Å². The molecule has 1 aliphatic rings. The van der Waals surface area contributed by atoms with Crippen molar-refractivity contribution >= 4 is 34.0 Å². The number of fused-ring (bicyclic) bond motifs is 1. The summed E-state index contributed by atoms with van der Waals surface area (Å²) in [7, 11) is 0. The Morgan fingerprint density at radius 1 is 1.21 bits per heavy atom. The van der Waals surface area contributed by atoms with Gasteiger partial charge in [0.2, 0.25) is 5.91 Å². The zero-order chi connectivity index (χ0) is 23.9. The summed E-state index contributed by atoms with van der Waals surface area (Å²) in [6.45, 7) is 5.04. The van der Waals surface area contributed by atoms with Gasteiger partial charge >= 0.3 is 0 Å². The lowest BCUT2D eigenvalue weighted by Gasteiger charge is -2.09. The van der Waals surface area contributed by atoms with Crippen molar-refractivity contribution in [2.45, 2.75) is 70.7 Å². The molecular formula is C25H29N5O2S2. The number of ether oxygens (including phenoxy) is 1. The topological polar surface area (TPSA) is 92.8 Å². The van der Waals surface area contributed by atoms with Gasteiger partial charge in [-0.2, -0.15) is 5.26 Å². The van der Waals surface area contributed by atoms with Crippen molar-refractivity contribution in [1.82, 2.24) is 14.8 Å². The number of nitrogens with zero attached hydrogens (tertiary/aromatic N) is 4. The third kappa shape index (κ3) is 5.80. The van der Waals surface area contributed by atoms with Gasteiger partial charge in [0, 0.05) is 11.4 Å². The van der Waals surface area contributed by atoms with Gasteiger partial charge in [0.25, 0.3) is 0 Å². The zero-order valence-corrected chi connectivity index (χ0v) is 21.2. The average molecular weight is 496 g/mol. The van der Waals surface area contributed by atoms with Crippen molar-refractivity contribution in [2.75, 3.05) is 11.1 Å². The lowest BCUT2D eigenvalue weighted by Crippen LogP contribution is -2.15. The molecule has 1 amide bonds. The molecule has 1 N–H and O–H groups in total. The standard InChI is InChI=1S/C25H29N5O2S2/c1-3-30-22(15-32-18-12-10-17(2)11-13-18)28-29-25(30)33-16-23(31)27-24-20(14-26)19-8-6-4-5-7-9-21(19)34-24/h10-13H,3-9,15-16H2,1-2H3,(H,27,31). The summed E-state index contributed by atoms with van der Waals surface area (Å²) in [4.78, 5) is 14.0. The van der Waals surface area contributed by atoms with E-state index in [9.17, 15) is 10.1 Å². The lowest BCUT2D eigenvalue weighted by atomic mass is 9.97. The maximum absolute atomic E-state index is 12.7. The highest BCUT2D eigenvalue weighted by Crippen LogP contribution is 2.36. The van der Waals surface area contributed by atoms with Crippen LogP contribution in [0.15, 0.2) is 29.4 Å². The maximum atomic E-state index is 12.7. The second kappa shape index (κ2) is 11.5. The molecule has 2 heterocycles. The molecule has 0 unspecified atom stereocenters. The number of carbonyl (C=O) groups is 1. The van der Waals surface area contributed by atoms with Crippen molar-refractivity contribution in [3.8, 4) is 11.8 Å². The number of nitriles is 1. The molecule has 34 heavy (non-hydrogen) atoms.